The van der Waals surface area contributed by atoms with Gasteiger partial charge in [0.1, 0.15) is 5.52 Å². The van der Waals surface area contributed by atoms with Crippen molar-refractivity contribution in [1.82, 2.24) is 9.55 Å². The van der Waals surface area contributed by atoms with Gasteiger partial charge in [-0.25, -0.2) is 8.78 Å². The Hall–Kier alpha value is -0.880. The fraction of sp³-hybridized carbons (Fsp3) is 0.500. The smallest absolute Gasteiger partial charge is 0.184 e. The summed E-state index contributed by atoms with van der Waals surface area (Å²) in [5, 5.41) is 0.673. The van der Waals surface area contributed by atoms with Crippen molar-refractivity contribution < 1.29 is 8.78 Å². The van der Waals surface area contributed by atoms with Crippen LogP contribution < -0.4 is 0 Å². The third kappa shape index (κ3) is 2.29. The number of halogens is 2. The van der Waals surface area contributed by atoms with Gasteiger partial charge in [0.15, 0.2) is 16.4 Å². The molecule has 1 saturated carbocycles. The molecule has 2 aromatic rings. The summed E-state index contributed by atoms with van der Waals surface area (Å²) in [6.45, 7) is 0. The number of aromatic nitrogens is 2. The number of fused-ring (bicyclic) bond motifs is 1. The Morgan fingerprint density at radius 3 is 2.60 bits per heavy atom. The molecule has 1 fully saturated rings. The summed E-state index contributed by atoms with van der Waals surface area (Å²) in [7, 11) is 0. The highest BCUT2D eigenvalue weighted by Gasteiger charge is 2.25. The van der Waals surface area contributed by atoms with Gasteiger partial charge in [-0.2, -0.15) is 11.8 Å². The molecule has 1 aromatic carbocycles. The van der Waals surface area contributed by atoms with Crippen molar-refractivity contribution in [1.29, 1.82) is 0 Å². The van der Waals surface area contributed by atoms with Crippen molar-refractivity contribution >= 4 is 35.0 Å². The van der Waals surface area contributed by atoms with Crippen LogP contribution in [0, 0.1) is 16.4 Å². The van der Waals surface area contributed by atoms with Crippen LogP contribution in [0.25, 0.3) is 11.0 Å². The number of aromatic amines is 1. The molecule has 1 N–H and O–H groups in total. The van der Waals surface area contributed by atoms with E-state index in [1.807, 2.05) is 11.8 Å². The number of H-pyrrole nitrogens is 1. The molecule has 20 heavy (non-hydrogen) atoms. The van der Waals surface area contributed by atoms with Crippen LogP contribution in [-0.2, 0) is 0 Å². The van der Waals surface area contributed by atoms with Gasteiger partial charge in [0.25, 0.3) is 0 Å². The molecule has 0 bridgehead atoms. The average Bonchev–Trinajstić information content (AvgIpc) is 2.80. The zero-order valence-electron chi connectivity index (χ0n) is 11.2. The fourth-order valence-electron chi connectivity index (χ4n) is 3.04. The molecule has 1 aromatic heterocycles. The minimum atomic E-state index is -0.821. The van der Waals surface area contributed by atoms with Gasteiger partial charge in [-0.3, -0.25) is 0 Å². The molecule has 0 saturated heterocycles. The first-order chi connectivity index (χ1) is 9.61. The lowest BCUT2D eigenvalue weighted by Gasteiger charge is -2.28. The highest BCUT2D eigenvalue weighted by molar-refractivity contribution is 7.99. The van der Waals surface area contributed by atoms with Crippen molar-refractivity contribution in [2.24, 2.45) is 0 Å². The first-order valence-electron chi connectivity index (χ1n) is 6.73. The second kappa shape index (κ2) is 5.48. The van der Waals surface area contributed by atoms with Crippen LogP contribution in [0.3, 0.4) is 0 Å². The molecule has 1 aliphatic carbocycles. The lowest BCUT2D eigenvalue weighted by Crippen LogP contribution is -2.19. The molecule has 6 heteroatoms. The van der Waals surface area contributed by atoms with E-state index in [9.17, 15) is 8.78 Å². The Kier molecular flexibility index (Phi) is 3.86. The molecule has 1 aliphatic rings. The van der Waals surface area contributed by atoms with E-state index in [1.54, 1.807) is 10.6 Å². The van der Waals surface area contributed by atoms with E-state index in [0.717, 1.165) is 31.7 Å². The normalized spacial score (nSPS) is 23.4. The van der Waals surface area contributed by atoms with Crippen molar-refractivity contribution in [2.75, 3.05) is 6.26 Å². The van der Waals surface area contributed by atoms with E-state index in [0.29, 0.717) is 15.5 Å². The molecule has 108 valence electrons. The third-order valence-corrected chi connectivity index (χ3v) is 5.55. The van der Waals surface area contributed by atoms with Crippen LogP contribution in [0.1, 0.15) is 31.7 Å². The van der Waals surface area contributed by atoms with Gasteiger partial charge >= 0.3 is 0 Å². The standard InChI is InChI=1S/C14H16F2N2S2/c1-20-9-4-2-8(3-5-9)18-13-11(17-14(18)19)7-6-10(15)12(13)16/h6-9H,2-5H2,1H3,(H,17,19). The van der Waals surface area contributed by atoms with Gasteiger partial charge in [0.2, 0.25) is 0 Å². The predicted molar refractivity (Wildman–Crippen MR) is 81.8 cm³/mol. The minimum Gasteiger partial charge on any atom is -0.330 e. The zero-order chi connectivity index (χ0) is 14.3. The van der Waals surface area contributed by atoms with Crippen LogP contribution in [-0.4, -0.2) is 21.1 Å². The number of rotatable bonds is 2. The van der Waals surface area contributed by atoms with Crippen molar-refractivity contribution in [3.63, 3.8) is 0 Å². The second-order valence-electron chi connectivity index (χ2n) is 5.22. The molecule has 0 amide bonds. The zero-order valence-corrected chi connectivity index (χ0v) is 12.8. The highest BCUT2D eigenvalue weighted by atomic mass is 32.2. The summed E-state index contributed by atoms with van der Waals surface area (Å²) in [5.41, 5.74) is 0.850. The number of nitrogens with zero attached hydrogens (tertiary/aromatic N) is 1. The number of benzene rings is 1. The Morgan fingerprint density at radius 2 is 1.95 bits per heavy atom. The van der Waals surface area contributed by atoms with Crippen LogP contribution in [0.5, 0.6) is 0 Å². The van der Waals surface area contributed by atoms with Gasteiger partial charge in [0.05, 0.1) is 5.52 Å². The number of hydrogen-bond acceptors (Lipinski definition) is 2. The second-order valence-corrected chi connectivity index (χ2v) is 6.75. The molecular weight excluding hydrogens is 298 g/mol. The molecule has 1 heterocycles. The SMILES string of the molecule is CSC1CCC(n2c(=S)[nH]c3ccc(F)c(F)c32)CC1. The summed E-state index contributed by atoms with van der Waals surface area (Å²) in [5.74, 6) is -1.63. The van der Waals surface area contributed by atoms with E-state index in [-0.39, 0.29) is 11.6 Å². The maximum atomic E-state index is 14.1. The monoisotopic (exact) mass is 314 g/mol. The van der Waals surface area contributed by atoms with Crippen LogP contribution in [0.2, 0.25) is 0 Å². The number of imidazole rings is 1. The van der Waals surface area contributed by atoms with Crippen molar-refractivity contribution in [3.8, 4) is 0 Å². The lowest BCUT2D eigenvalue weighted by molar-refractivity contribution is 0.361. The molecule has 0 atom stereocenters. The number of hydrogen-bond donors (Lipinski definition) is 1. The lowest BCUT2D eigenvalue weighted by atomic mass is 9.94. The van der Waals surface area contributed by atoms with E-state index in [1.165, 1.54) is 0 Å². The first-order valence-corrected chi connectivity index (χ1v) is 8.42. The van der Waals surface area contributed by atoms with Crippen LogP contribution in [0.15, 0.2) is 12.1 Å². The van der Waals surface area contributed by atoms with Crippen LogP contribution in [0.4, 0.5) is 8.78 Å². The summed E-state index contributed by atoms with van der Waals surface area (Å²) >= 11 is 7.19. The van der Waals surface area contributed by atoms with Gasteiger partial charge < -0.3 is 9.55 Å². The van der Waals surface area contributed by atoms with Crippen molar-refractivity contribution in [2.45, 2.75) is 37.0 Å². The Bertz CT molecular complexity index is 684. The fourth-order valence-corrected chi connectivity index (χ4v) is 4.13. The van der Waals surface area contributed by atoms with E-state index in [2.05, 4.69) is 11.2 Å². The quantitative estimate of drug-likeness (QED) is 0.802. The molecule has 0 unspecified atom stereocenters. The first kappa shape index (κ1) is 14.1. The molecule has 0 radical (unpaired) electrons. The average molecular weight is 314 g/mol. The van der Waals surface area contributed by atoms with E-state index < -0.39 is 11.6 Å². The molecule has 0 spiro atoms. The molecular formula is C14H16F2N2S2. The topological polar surface area (TPSA) is 20.7 Å². The van der Waals surface area contributed by atoms with Gasteiger partial charge in [-0.05, 0) is 56.3 Å². The van der Waals surface area contributed by atoms with E-state index >= 15 is 0 Å². The van der Waals surface area contributed by atoms with E-state index in [4.69, 9.17) is 12.2 Å². The summed E-state index contributed by atoms with van der Waals surface area (Å²) in [6.07, 6.45) is 6.23. The molecule has 3 rings (SSSR count). The number of thioether (sulfide) groups is 1. The van der Waals surface area contributed by atoms with Gasteiger partial charge in [-0.15, -0.1) is 0 Å². The maximum absolute atomic E-state index is 14.1. The minimum absolute atomic E-state index is 0.163. The molecule has 0 aliphatic heterocycles. The summed E-state index contributed by atoms with van der Waals surface area (Å²) < 4.78 is 29.8. The van der Waals surface area contributed by atoms with Crippen molar-refractivity contribution in [3.05, 3.63) is 28.5 Å². The Morgan fingerprint density at radius 1 is 1.25 bits per heavy atom. The Labute approximate surface area is 125 Å². The molecule has 2 nitrogen and oxygen atoms in total. The Balaban J connectivity index is 2.05. The summed E-state index contributed by atoms with van der Waals surface area (Å²) in [4.78, 5) is 2.98. The highest BCUT2D eigenvalue weighted by Crippen LogP contribution is 2.36. The summed E-state index contributed by atoms with van der Waals surface area (Å²) in [6, 6.07) is 2.85. The van der Waals surface area contributed by atoms with Gasteiger partial charge in [0, 0.05) is 11.3 Å². The number of nitrogens with one attached hydrogen (secondary N) is 1. The van der Waals surface area contributed by atoms with Crippen LogP contribution >= 0.6 is 24.0 Å². The largest absolute Gasteiger partial charge is 0.330 e. The predicted octanol–water partition coefficient (Wildman–Crippen LogP) is 4.82. The van der Waals surface area contributed by atoms with Gasteiger partial charge in [-0.1, -0.05) is 0 Å². The third-order valence-electron chi connectivity index (χ3n) is 4.11. The maximum Gasteiger partial charge on any atom is 0.184 e.